The zero-order chi connectivity index (χ0) is 12.8. The predicted molar refractivity (Wildman–Crippen MR) is 71.0 cm³/mol. The van der Waals surface area contributed by atoms with Crippen molar-refractivity contribution in [1.82, 2.24) is 15.1 Å². The van der Waals surface area contributed by atoms with Gasteiger partial charge in [-0.2, -0.15) is 0 Å². The molecule has 1 aliphatic heterocycles. The number of nitrogens with zero attached hydrogens (tertiary/aromatic N) is 2. The zero-order valence-electron chi connectivity index (χ0n) is 11.7. The van der Waals surface area contributed by atoms with Gasteiger partial charge in [0.05, 0.1) is 0 Å². The Morgan fingerprint density at radius 3 is 2.18 bits per heavy atom. The maximum absolute atomic E-state index is 11.9. The molecule has 1 saturated heterocycles. The molecule has 1 aliphatic rings. The Labute approximate surface area is 105 Å². The first-order chi connectivity index (χ1) is 8.00. The summed E-state index contributed by atoms with van der Waals surface area (Å²) >= 11 is 0. The number of carbonyl (C=O) groups excluding carboxylic acids is 1. The predicted octanol–water partition coefficient (Wildman–Crippen LogP) is 0.927. The van der Waals surface area contributed by atoms with Crippen molar-refractivity contribution in [2.45, 2.75) is 46.2 Å². The van der Waals surface area contributed by atoms with Crippen LogP contribution in [-0.2, 0) is 4.79 Å². The molecule has 17 heavy (non-hydrogen) atoms. The topological polar surface area (TPSA) is 35.6 Å². The minimum Gasteiger partial charge on any atom is -0.340 e. The molecule has 4 nitrogen and oxygen atoms in total. The lowest BCUT2D eigenvalue weighted by atomic mass is 10.2. The van der Waals surface area contributed by atoms with Crippen LogP contribution in [0, 0.1) is 0 Å². The molecule has 1 heterocycles. The zero-order valence-corrected chi connectivity index (χ0v) is 11.7. The van der Waals surface area contributed by atoms with Gasteiger partial charge in [0.2, 0.25) is 5.91 Å². The highest BCUT2D eigenvalue weighted by molar-refractivity contribution is 5.76. The van der Waals surface area contributed by atoms with Gasteiger partial charge in [0.25, 0.3) is 0 Å². The maximum Gasteiger partial charge on any atom is 0.223 e. The molecule has 1 N–H and O–H groups in total. The standard InChI is InChI=1S/C13H27N3O/c1-11(2)14-6-5-13(17)16-9-7-15(8-10-16)12(3)4/h11-12,14H,5-10H2,1-4H3. The highest BCUT2D eigenvalue weighted by Crippen LogP contribution is 2.06. The fourth-order valence-corrected chi connectivity index (χ4v) is 2.11. The first-order valence-corrected chi connectivity index (χ1v) is 6.76. The van der Waals surface area contributed by atoms with Crippen molar-refractivity contribution in [2.75, 3.05) is 32.7 Å². The number of hydrogen-bond donors (Lipinski definition) is 1. The first-order valence-electron chi connectivity index (χ1n) is 6.76. The van der Waals surface area contributed by atoms with Gasteiger partial charge in [-0.05, 0) is 13.8 Å². The second-order valence-corrected chi connectivity index (χ2v) is 5.37. The van der Waals surface area contributed by atoms with Gasteiger partial charge in [0.15, 0.2) is 0 Å². The minimum atomic E-state index is 0.293. The molecular formula is C13H27N3O. The fraction of sp³-hybridized carbons (Fsp3) is 0.923. The van der Waals surface area contributed by atoms with Crippen LogP contribution >= 0.6 is 0 Å². The second kappa shape index (κ2) is 6.97. The van der Waals surface area contributed by atoms with E-state index >= 15 is 0 Å². The Morgan fingerprint density at radius 1 is 1.12 bits per heavy atom. The molecule has 0 aromatic carbocycles. The molecule has 1 rings (SSSR count). The van der Waals surface area contributed by atoms with Crippen molar-refractivity contribution in [3.05, 3.63) is 0 Å². The van der Waals surface area contributed by atoms with Gasteiger partial charge < -0.3 is 10.2 Å². The molecule has 0 saturated carbocycles. The van der Waals surface area contributed by atoms with Gasteiger partial charge in [-0.15, -0.1) is 0 Å². The van der Waals surface area contributed by atoms with Crippen molar-refractivity contribution >= 4 is 5.91 Å². The quantitative estimate of drug-likeness (QED) is 0.778. The van der Waals surface area contributed by atoms with Gasteiger partial charge in [-0.25, -0.2) is 0 Å². The largest absolute Gasteiger partial charge is 0.340 e. The Kier molecular flexibility index (Phi) is 5.92. The van der Waals surface area contributed by atoms with Crippen LogP contribution in [0.15, 0.2) is 0 Å². The molecule has 1 fully saturated rings. The Balaban J connectivity index is 2.21. The maximum atomic E-state index is 11.9. The van der Waals surface area contributed by atoms with Gasteiger partial charge in [-0.3, -0.25) is 9.69 Å². The summed E-state index contributed by atoms with van der Waals surface area (Å²) in [6.07, 6.45) is 0.625. The number of rotatable bonds is 5. The van der Waals surface area contributed by atoms with Crippen molar-refractivity contribution in [3.8, 4) is 0 Å². The van der Waals surface area contributed by atoms with Gasteiger partial charge in [-0.1, -0.05) is 13.8 Å². The average molecular weight is 241 g/mol. The molecule has 0 aromatic rings. The van der Waals surface area contributed by atoms with E-state index in [1.54, 1.807) is 0 Å². The third-order valence-corrected chi connectivity index (χ3v) is 3.29. The smallest absolute Gasteiger partial charge is 0.223 e. The van der Waals surface area contributed by atoms with Crippen LogP contribution in [0.4, 0.5) is 0 Å². The molecule has 0 atom stereocenters. The van der Waals surface area contributed by atoms with Crippen LogP contribution in [0.3, 0.4) is 0 Å². The van der Waals surface area contributed by atoms with Crippen LogP contribution < -0.4 is 5.32 Å². The molecule has 1 amide bonds. The van der Waals surface area contributed by atoms with Crippen LogP contribution in [0.1, 0.15) is 34.1 Å². The van der Waals surface area contributed by atoms with E-state index < -0.39 is 0 Å². The van der Waals surface area contributed by atoms with Gasteiger partial charge >= 0.3 is 0 Å². The molecule has 0 unspecified atom stereocenters. The van der Waals surface area contributed by atoms with E-state index in [-0.39, 0.29) is 0 Å². The third-order valence-electron chi connectivity index (χ3n) is 3.29. The van der Waals surface area contributed by atoms with Crippen LogP contribution in [0.25, 0.3) is 0 Å². The van der Waals surface area contributed by atoms with E-state index in [2.05, 4.69) is 37.9 Å². The molecule has 0 bridgehead atoms. The van der Waals surface area contributed by atoms with E-state index in [9.17, 15) is 4.79 Å². The molecule has 0 aliphatic carbocycles. The number of carbonyl (C=O) groups is 1. The highest BCUT2D eigenvalue weighted by atomic mass is 16.2. The van der Waals surface area contributed by atoms with Gasteiger partial charge in [0, 0.05) is 51.2 Å². The van der Waals surface area contributed by atoms with Crippen molar-refractivity contribution in [3.63, 3.8) is 0 Å². The van der Waals surface area contributed by atoms with Crippen molar-refractivity contribution in [1.29, 1.82) is 0 Å². The summed E-state index contributed by atoms with van der Waals surface area (Å²) in [5.74, 6) is 0.293. The van der Waals surface area contributed by atoms with Crippen molar-refractivity contribution < 1.29 is 4.79 Å². The second-order valence-electron chi connectivity index (χ2n) is 5.37. The van der Waals surface area contributed by atoms with Crippen LogP contribution in [0.5, 0.6) is 0 Å². The SMILES string of the molecule is CC(C)NCCC(=O)N1CCN(C(C)C)CC1. The molecule has 100 valence electrons. The molecular weight excluding hydrogens is 214 g/mol. The monoisotopic (exact) mass is 241 g/mol. The molecule has 4 heteroatoms. The number of hydrogen-bond acceptors (Lipinski definition) is 3. The van der Waals surface area contributed by atoms with E-state index in [0.29, 0.717) is 24.4 Å². The molecule has 0 aromatic heterocycles. The lowest BCUT2D eigenvalue weighted by Gasteiger charge is -2.37. The summed E-state index contributed by atoms with van der Waals surface area (Å²) in [7, 11) is 0. The summed E-state index contributed by atoms with van der Waals surface area (Å²) in [6.45, 7) is 13.2. The first kappa shape index (κ1) is 14.5. The average Bonchev–Trinajstić information content (AvgIpc) is 2.28. The lowest BCUT2D eigenvalue weighted by molar-refractivity contribution is -0.133. The molecule has 0 spiro atoms. The summed E-state index contributed by atoms with van der Waals surface area (Å²) in [5.41, 5.74) is 0. The summed E-state index contributed by atoms with van der Waals surface area (Å²) in [5, 5.41) is 3.28. The fourth-order valence-electron chi connectivity index (χ4n) is 2.11. The Hall–Kier alpha value is -0.610. The van der Waals surface area contributed by atoms with Crippen LogP contribution in [-0.4, -0.2) is 60.5 Å². The minimum absolute atomic E-state index is 0.293. The van der Waals surface area contributed by atoms with E-state index in [0.717, 1.165) is 32.7 Å². The van der Waals surface area contributed by atoms with Crippen LogP contribution in [0.2, 0.25) is 0 Å². The van der Waals surface area contributed by atoms with E-state index in [1.807, 2.05) is 4.90 Å². The van der Waals surface area contributed by atoms with E-state index in [1.165, 1.54) is 0 Å². The normalized spacial score (nSPS) is 18.1. The third kappa shape index (κ3) is 5.04. The van der Waals surface area contributed by atoms with Gasteiger partial charge in [0.1, 0.15) is 0 Å². The number of nitrogens with one attached hydrogen (secondary N) is 1. The van der Waals surface area contributed by atoms with E-state index in [4.69, 9.17) is 0 Å². The van der Waals surface area contributed by atoms with Crippen molar-refractivity contribution in [2.24, 2.45) is 0 Å². The Morgan fingerprint density at radius 2 is 1.71 bits per heavy atom. The molecule has 0 radical (unpaired) electrons. The lowest BCUT2D eigenvalue weighted by Crippen LogP contribution is -2.51. The highest BCUT2D eigenvalue weighted by Gasteiger charge is 2.21. The summed E-state index contributed by atoms with van der Waals surface area (Å²) < 4.78 is 0. The summed E-state index contributed by atoms with van der Waals surface area (Å²) in [6, 6.07) is 1.05. The summed E-state index contributed by atoms with van der Waals surface area (Å²) in [4.78, 5) is 16.4. The number of amides is 1. The number of piperazine rings is 1. The Bertz CT molecular complexity index is 233.